The summed E-state index contributed by atoms with van der Waals surface area (Å²) in [6.07, 6.45) is 1.13. The van der Waals surface area contributed by atoms with Crippen LogP contribution in [0.3, 0.4) is 0 Å². The van der Waals surface area contributed by atoms with Crippen LogP contribution in [0.1, 0.15) is 29.7 Å². The Hall–Kier alpha value is -2.00. The summed E-state index contributed by atoms with van der Waals surface area (Å²) < 4.78 is 5.94. The highest BCUT2D eigenvalue weighted by molar-refractivity contribution is 5.65. The van der Waals surface area contributed by atoms with Crippen molar-refractivity contribution in [1.29, 1.82) is 0 Å². The van der Waals surface area contributed by atoms with Crippen molar-refractivity contribution in [3.63, 3.8) is 0 Å². The van der Waals surface area contributed by atoms with E-state index < -0.39 is 0 Å². The minimum absolute atomic E-state index is 0.0866. The van der Waals surface area contributed by atoms with Gasteiger partial charge in [0.25, 0.3) is 0 Å². The lowest BCUT2D eigenvalue weighted by Crippen LogP contribution is -2.29. The van der Waals surface area contributed by atoms with E-state index in [2.05, 4.69) is 29.6 Å². The standard InChI is InChI=1S/C17H17NO2/c19-14-8-4-7-12-16(14)18-15(11-5-2-1-3-6-11)13-9-10-20-17(12)13/h1-8,13,15,17-19H,9-10H2/t13-,15-,17+/m0/s1. The Morgan fingerprint density at radius 3 is 2.75 bits per heavy atom. The highest BCUT2D eigenvalue weighted by Gasteiger charge is 2.42. The van der Waals surface area contributed by atoms with Gasteiger partial charge in [0.1, 0.15) is 5.75 Å². The molecule has 3 atom stereocenters. The summed E-state index contributed by atoms with van der Waals surface area (Å²) in [4.78, 5) is 0. The monoisotopic (exact) mass is 267 g/mol. The Bertz CT molecular complexity index is 626. The molecule has 0 aliphatic carbocycles. The number of para-hydroxylation sites is 1. The van der Waals surface area contributed by atoms with Crippen LogP contribution in [0.25, 0.3) is 0 Å². The van der Waals surface area contributed by atoms with E-state index in [4.69, 9.17) is 4.74 Å². The van der Waals surface area contributed by atoms with E-state index in [1.54, 1.807) is 6.07 Å². The molecule has 1 saturated heterocycles. The fraction of sp³-hybridized carbons (Fsp3) is 0.294. The van der Waals surface area contributed by atoms with Crippen molar-refractivity contribution >= 4 is 5.69 Å². The maximum Gasteiger partial charge on any atom is 0.139 e. The predicted molar refractivity (Wildman–Crippen MR) is 77.7 cm³/mol. The molecule has 3 nitrogen and oxygen atoms in total. The number of nitrogens with one attached hydrogen (secondary N) is 1. The largest absolute Gasteiger partial charge is 0.506 e. The molecule has 0 amide bonds. The van der Waals surface area contributed by atoms with Crippen LogP contribution in [-0.4, -0.2) is 11.7 Å². The molecule has 2 aliphatic heterocycles. The molecule has 4 rings (SSSR count). The van der Waals surface area contributed by atoms with Crippen LogP contribution in [0.2, 0.25) is 0 Å². The fourth-order valence-electron chi connectivity index (χ4n) is 3.47. The topological polar surface area (TPSA) is 41.5 Å². The molecule has 0 unspecified atom stereocenters. The SMILES string of the molecule is Oc1cccc2c1N[C@@H](c1ccccc1)[C@@H]1CCO[C@H]21. The van der Waals surface area contributed by atoms with Crippen molar-refractivity contribution in [2.75, 3.05) is 11.9 Å². The highest BCUT2D eigenvalue weighted by atomic mass is 16.5. The average molecular weight is 267 g/mol. The van der Waals surface area contributed by atoms with Crippen molar-refractivity contribution in [2.45, 2.75) is 18.6 Å². The molecule has 0 spiro atoms. The molecule has 0 radical (unpaired) electrons. The number of ether oxygens (including phenoxy) is 1. The second-order valence-corrected chi connectivity index (χ2v) is 5.52. The molecule has 1 fully saturated rings. The zero-order valence-electron chi connectivity index (χ0n) is 11.1. The third-order valence-electron chi connectivity index (χ3n) is 4.41. The number of benzene rings is 2. The minimum Gasteiger partial charge on any atom is -0.506 e. The van der Waals surface area contributed by atoms with Gasteiger partial charge in [-0.25, -0.2) is 0 Å². The van der Waals surface area contributed by atoms with Crippen molar-refractivity contribution in [1.82, 2.24) is 0 Å². The van der Waals surface area contributed by atoms with E-state index in [1.165, 1.54) is 5.56 Å². The Labute approximate surface area is 118 Å². The molecular weight excluding hydrogens is 250 g/mol. The van der Waals surface area contributed by atoms with Crippen LogP contribution >= 0.6 is 0 Å². The van der Waals surface area contributed by atoms with E-state index in [1.807, 2.05) is 18.2 Å². The number of phenolic OH excluding ortho intramolecular Hbond substituents is 1. The van der Waals surface area contributed by atoms with Gasteiger partial charge in [0.2, 0.25) is 0 Å². The molecule has 2 N–H and O–H groups in total. The van der Waals surface area contributed by atoms with Gasteiger partial charge >= 0.3 is 0 Å². The van der Waals surface area contributed by atoms with Gasteiger partial charge in [0, 0.05) is 18.1 Å². The summed E-state index contributed by atoms with van der Waals surface area (Å²) >= 11 is 0. The number of aromatic hydroxyl groups is 1. The van der Waals surface area contributed by atoms with E-state index in [9.17, 15) is 5.11 Å². The quantitative estimate of drug-likeness (QED) is 0.775. The lowest BCUT2D eigenvalue weighted by atomic mass is 9.81. The predicted octanol–water partition coefficient (Wildman–Crippen LogP) is 3.64. The van der Waals surface area contributed by atoms with Gasteiger partial charge in [-0.3, -0.25) is 0 Å². The molecule has 0 bridgehead atoms. The number of fused-ring (bicyclic) bond motifs is 3. The molecule has 0 saturated carbocycles. The van der Waals surface area contributed by atoms with Gasteiger partial charge in [-0.05, 0) is 18.1 Å². The molecular formula is C17H17NO2. The van der Waals surface area contributed by atoms with Gasteiger partial charge in [-0.15, -0.1) is 0 Å². The van der Waals surface area contributed by atoms with Crippen LogP contribution in [0.5, 0.6) is 5.75 Å². The average Bonchev–Trinajstić information content (AvgIpc) is 2.97. The Kier molecular flexibility index (Phi) is 2.67. The van der Waals surface area contributed by atoms with Gasteiger partial charge in [0.05, 0.1) is 17.8 Å². The third kappa shape index (κ3) is 1.70. The summed E-state index contributed by atoms with van der Waals surface area (Å²) in [5.74, 6) is 0.726. The molecule has 20 heavy (non-hydrogen) atoms. The van der Waals surface area contributed by atoms with Gasteiger partial charge in [0.15, 0.2) is 0 Å². The third-order valence-corrected chi connectivity index (χ3v) is 4.41. The van der Waals surface area contributed by atoms with Gasteiger partial charge in [-0.2, -0.15) is 0 Å². The Morgan fingerprint density at radius 2 is 1.90 bits per heavy atom. The summed E-state index contributed by atoms with van der Waals surface area (Å²) in [6.45, 7) is 0.787. The molecule has 2 aromatic carbocycles. The normalized spacial score (nSPS) is 27.5. The van der Waals surface area contributed by atoms with E-state index in [0.717, 1.165) is 24.3 Å². The van der Waals surface area contributed by atoms with Crippen LogP contribution < -0.4 is 5.32 Å². The van der Waals surface area contributed by atoms with Crippen molar-refractivity contribution in [2.24, 2.45) is 5.92 Å². The maximum atomic E-state index is 10.1. The second-order valence-electron chi connectivity index (χ2n) is 5.52. The summed E-state index contributed by atoms with van der Waals surface area (Å²) in [5, 5.41) is 13.6. The lowest BCUT2D eigenvalue weighted by Gasteiger charge is -2.36. The van der Waals surface area contributed by atoms with E-state index in [0.29, 0.717) is 11.7 Å². The number of rotatable bonds is 1. The van der Waals surface area contributed by atoms with Crippen LogP contribution in [0.4, 0.5) is 5.69 Å². The minimum atomic E-state index is 0.0866. The fourth-order valence-corrected chi connectivity index (χ4v) is 3.47. The number of hydrogen-bond acceptors (Lipinski definition) is 3. The lowest BCUT2D eigenvalue weighted by molar-refractivity contribution is 0.0826. The second kappa shape index (κ2) is 4.53. The smallest absolute Gasteiger partial charge is 0.139 e. The maximum absolute atomic E-state index is 10.1. The molecule has 2 aromatic rings. The molecule has 2 heterocycles. The van der Waals surface area contributed by atoms with E-state index in [-0.39, 0.29) is 12.1 Å². The summed E-state index contributed by atoms with van der Waals surface area (Å²) in [6, 6.07) is 16.3. The molecule has 102 valence electrons. The van der Waals surface area contributed by atoms with Gasteiger partial charge < -0.3 is 15.2 Å². The summed E-state index contributed by atoms with van der Waals surface area (Å²) in [7, 11) is 0. The first kappa shape index (κ1) is 11.8. The Balaban J connectivity index is 1.82. The van der Waals surface area contributed by atoms with Crippen LogP contribution in [0, 0.1) is 5.92 Å². The van der Waals surface area contributed by atoms with Crippen molar-refractivity contribution in [3.05, 3.63) is 59.7 Å². The first-order chi connectivity index (χ1) is 9.84. The van der Waals surface area contributed by atoms with Crippen LogP contribution in [-0.2, 0) is 4.74 Å². The van der Waals surface area contributed by atoms with Gasteiger partial charge in [-0.1, -0.05) is 42.5 Å². The van der Waals surface area contributed by atoms with Crippen LogP contribution in [0.15, 0.2) is 48.5 Å². The number of anilines is 1. The number of phenols is 1. The Morgan fingerprint density at radius 1 is 1.05 bits per heavy atom. The molecule has 3 heteroatoms. The van der Waals surface area contributed by atoms with Crippen molar-refractivity contribution in [3.8, 4) is 5.75 Å². The highest BCUT2D eigenvalue weighted by Crippen LogP contribution is 2.51. The first-order valence-electron chi connectivity index (χ1n) is 7.09. The number of hydrogen-bond donors (Lipinski definition) is 2. The zero-order chi connectivity index (χ0) is 13.5. The summed E-state index contributed by atoms with van der Waals surface area (Å²) in [5.41, 5.74) is 3.16. The van der Waals surface area contributed by atoms with E-state index >= 15 is 0 Å². The molecule has 0 aromatic heterocycles. The molecule has 2 aliphatic rings. The zero-order valence-corrected chi connectivity index (χ0v) is 11.1. The van der Waals surface area contributed by atoms with Crippen molar-refractivity contribution < 1.29 is 9.84 Å². The first-order valence-corrected chi connectivity index (χ1v) is 7.09.